The van der Waals surface area contributed by atoms with Crippen LogP contribution in [0.2, 0.25) is 0 Å². The smallest absolute Gasteiger partial charge is 0.336 e. The third kappa shape index (κ3) is 9.02. The number of nitrogens with zero attached hydrogens (tertiary/aromatic N) is 3. The fourth-order valence-electron chi connectivity index (χ4n) is 5.26. The van der Waals surface area contributed by atoms with E-state index in [0.29, 0.717) is 36.6 Å². The van der Waals surface area contributed by atoms with Crippen LogP contribution in [0.15, 0.2) is 95.4 Å². The minimum atomic E-state index is -0.925. The van der Waals surface area contributed by atoms with Crippen molar-refractivity contribution in [2.75, 3.05) is 26.4 Å². The maximum absolute atomic E-state index is 13.4. The number of pyridine rings is 1. The molecule has 2 unspecified atom stereocenters. The van der Waals surface area contributed by atoms with Gasteiger partial charge in [0.2, 0.25) is 0 Å². The summed E-state index contributed by atoms with van der Waals surface area (Å²) in [6, 6.07) is 18.2. The summed E-state index contributed by atoms with van der Waals surface area (Å²) in [4.78, 5) is 46.0. The zero-order valence-electron chi connectivity index (χ0n) is 25.7. The second-order valence-electron chi connectivity index (χ2n) is 10.6. The Morgan fingerprint density at radius 1 is 1.00 bits per heavy atom. The van der Waals surface area contributed by atoms with Gasteiger partial charge in [-0.2, -0.15) is 0 Å². The summed E-state index contributed by atoms with van der Waals surface area (Å²) in [5.74, 6) is -2.97. The molecule has 0 fully saturated rings. The number of carbonyl (C=O) groups excluding carboxylic acids is 2. The van der Waals surface area contributed by atoms with Crippen molar-refractivity contribution in [1.29, 1.82) is 0 Å². The van der Waals surface area contributed by atoms with Gasteiger partial charge in [-0.3, -0.25) is 24.9 Å². The number of esters is 2. The molecule has 0 spiro atoms. The van der Waals surface area contributed by atoms with Gasteiger partial charge in [-0.25, -0.2) is 4.79 Å². The Morgan fingerprint density at radius 3 is 2.51 bits per heavy atom. The molecular weight excluding hydrogens is 574 g/mol. The van der Waals surface area contributed by atoms with E-state index in [1.165, 1.54) is 23.8 Å². The first kappa shape index (κ1) is 32.9. The van der Waals surface area contributed by atoms with Gasteiger partial charge in [-0.1, -0.05) is 54.6 Å². The Balaban J connectivity index is 1.30. The Labute approximate surface area is 262 Å². The summed E-state index contributed by atoms with van der Waals surface area (Å²) < 4.78 is 16.6. The second kappa shape index (κ2) is 16.2. The van der Waals surface area contributed by atoms with Gasteiger partial charge in [0.25, 0.3) is 5.69 Å². The Bertz CT molecular complexity index is 1580. The average Bonchev–Trinajstić information content (AvgIpc) is 3.03. The quantitative estimate of drug-likeness (QED) is 0.0904. The number of nitro benzene ring substituents is 1. The molecule has 2 atom stereocenters. The summed E-state index contributed by atoms with van der Waals surface area (Å²) in [7, 11) is 0. The van der Waals surface area contributed by atoms with E-state index >= 15 is 0 Å². The molecule has 0 saturated carbocycles. The molecule has 0 saturated heterocycles. The van der Waals surface area contributed by atoms with Gasteiger partial charge in [0.15, 0.2) is 0 Å². The lowest BCUT2D eigenvalue weighted by molar-refractivity contribution is -0.384. The molecular formula is C35H37N3O7. The molecule has 1 aliphatic heterocycles. The van der Waals surface area contributed by atoms with Crippen LogP contribution in [0.4, 0.5) is 5.69 Å². The maximum atomic E-state index is 13.4. The van der Waals surface area contributed by atoms with Crippen molar-refractivity contribution >= 4 is 29.4 Å². The summed E-state index contributed by atoms with van der Waals surface area (Å²) in [6.45, 7) is 6.04. The molecule has 0 bridgehead atoms. The molecule has 4 rings (SSSR count). The third-order valence-electron chi connectivity index (χ3n) is 7.33. The summed E-state index contributed by atoms with van der Waals surface area (Å²) >= 11 is 0. The largest absolute Gasteiger partial charge is 0.465 e. The van der Waals surface area contributed by atoms with Gasteiger partial charge in [0.1, 0.15) is 5.92 Å². The van der Waals surface area contributed by atoms with Crippen LogP contribution in [0.25, 0.3) is 6.08 Å². The molecule has 45 heavy (non-hydrogen) atoms. The lowest BCUT2D eigenvalue weighted by Gasteiger charge is -2.31. The number of aromatic nitrogens is 1. The van der Waals surface area contributed by atoms with Crippen LogP contribution in [-0.2, 0) is 30.2 Å². The van der Waals surface area contributed by atoms with Gasteiger partial charge in [0.05, 0.1) is 36.9 Å². The molecule has 1 aliphatic rings. The van der Waals surface area contributed by atoms with E-state index in [2.05, 4.69) is 40.3 Å². The van der Waals surface area contributed by atoms with Crippen molar-refractivity contribution in [1.82, 2.24) is 4.98 Å². The van der Waals surface area contributed by atoms with E-state index in [0.717, 1.165) is 17.5 Å². The molecule has 2 heterocycles. The highest BCUT2D eigenvalue weighted by Crippen LogP contribution is 2.41. The Kier molecular flexibility index (Phi) is 11.9. The normalized spacial score (nSPS) is 16.4. The number of rotatable bonds is 14. The molecule has 1 aromatic heterocycles. The standard InChI is InChI=1S/C35H37N3O7/c1-4-44-34(39)31-24(2)37-25(3)32(33(31)29-11-5-12-30(22-29)38(41)42)35(40)45-20-8-19-43-18-7-10-26-13-15-27(16-14-26)21-28-9-6-17-36-23-28/h5-7,9-17,22-23,31,33H,4,8,18-21H2,1-3H3. The lowest BCUT2D eigenvalue weighted by Crippen LogP contribution is -2.36. The summed E-state index contributed by atoms with van der Waals surface area (Å²) in [5, 5.41) is 11.5. The molecule has 10 heteroatoms. The number of aliphatic imine (C=N–C) groups is 1. The van der Waals surface area contributed by atoms with Crippen LogP contribution in [0, 0.1) is 16.0 Å². The van der Waals surface area contributed by atoms with E-state index in [-0.39, 0.29) is 24.5 Å². The zero-order valence-corrected chi connectivity index (χ0v) is 25.7. The van der Waals surface area contributed by atoms with Gasteiger partial charge < -0.3 is 14.2 Å². The number of benzene rings is 2. The number of hydrogen-bond donors (Lipinski definition) is 0. The van der Waals surface area contributed by atoms with E-state index < -0.39 is 28.7 Å². The molecule has 0 radical (unpaired) electrons. The predicted molar refractivity (Wildman–Crippen MR) is 171 cm³/mol. The SMILES string of the molecule is CCOC(=O)C1C(C)=NC(C)=C(C(=O)OCCCOCC=Cc2ccc(Cc3cccnc3)cc2)C1c1cccc([N+](=O)[O-])c1. The van der Waals surface area contributed by atoms with Crippen LogP contribution in [0.5, 0.6) is 0 Å². The van der Waals surface area contributed by atoms with Gasteiger partial charge >= 0.3 is 11.9 Å². The van der Waals surface area contributed by atoms with Crippen LogP contribution in [0.1, 0.15) is 55.4 Å². The van der Waals surface area contributed by atoms with E-state index in [9.17, 15) is 19.7 Å². The van der Waals surface area contributed by atoms with Crippen LogP contribution >= 0.6 is 0 Å². The minimum Gasteiger partial charge on any atom is -0.465 e. The second-order valence-corrected chi connectivity index (χ2v) is 10.6. The summed E-state index contributed by atoms with van der Waals surface area (Å²) in [6.07, 6.45) is 8.84. The molecule has 234 valence electrons. The first-order valence-corrected chi connectivity index (χ1v) is 14.8. The van der Waals surface area contributed by atoms with Gasteiger partial charge in [0, 0.05) is 48.3 Å². The first-order chi connectivity index (χ1) is 21.8. The summed E-state index contributed by atoms with van der Waals surface area (Å²) in [5.41, 5.74) is 4.75. The Hall–Kier alpha value is -4.96. The van der Waals surface area contributed by atoms with E-state index in [1.54, 1.807) is 33.0 Å². The fraction of sp³-hybridized carbons (Fsp3) is 0.314. The third-order valence-corrected chi connectivity index (χ3v) is 7.33. The van der Waals surface area contributed by atoms with Crippen LogP contribution in [-0.4, -0.2) is 54.0 Å². The highest BCUT2D eigenvalue weighted by atomic mass is 16.6. The van der Waals surface area contributed by atoms with Gasteiger partial charge in [-0.15, -0.1) is 0 Å². The highest BCUT2D eigenvalue weighted by Gasteiger charge is 2.42. The number of nitro groups is 1. The zero-order chi connectivity index (χ0) is 32.2. The van der Waals surface area contributed by atoms with Crippen molar-refractivity contribution in [3.8, 4) is 0 Å². The van der Waals surface area contributed by atoms with Crippen LogP contribution < -0.4 is 0 Å². The molecule has 10 nitrogen and oxygen atoms in total. The van der Waals surface area contributed by atoms with Crippen molar-refractivity contribution in [3.63, 3.8) is 0 Å². The first-order valence-electron chi connectivity index (χ1n) is 14.8. The Morgan fingerprint density at radius 2 is 1.80 bits per heavy atom. The molecule has 0 N–H and O–H groups in total. The number of non-ortho nitro benzene ring substituents is 1. The average molecular weight is 612 g/mol. The van der Waals surface area contributed by atoms with Crippen molar-refractivity contribution in [3.05, 3.63) is 123 Å². The lowest BCUT2D eigenvalue weighted by atomic mass is 9.75. The van der Waals surface area contributed by atoms with E-state index in [4.69, 9.17) is 14.2 Å². The minimum absolute atomic E-state index is 0.0894. The topological polar surface area (TPSA) is 130 Å². The number of allylic oxidation sites excluding steroid dienone is 1. The monoisotopic (exact) mass is 611 g/mol. The van der Waals surface area contributed by atoms with Crippen LogP contribution in [0.3, 0.4) is 0 Å². The fourth-order valence-corrected chi connectivity index (χ4v) is 5.26. The number of ether oxygens (including phenoxy) is 3. The molecule has 0 aliphatic carbocycles. The molecule has 0 amide bonds. The number of carbonyl (C=O) groups is 2. The van der Waals surface area contributed by atoms with Crippen molar-refractivity contribution in [2.45, 2.75) is 39.5 Å². The van der Waals surface area contributed by atoms with Crippen molar-refractivity contribution < 1.29 is 28.7 Å². The predicted octanol–water partition coefficient (Wildman–Crippen LogP) is 6.26. The maximum Gasteiger partial charge on any atom is 0.336 e. The molecule has 3 aromatic rings. The highest BCUT2D eigenvalue weighted by molar-refractivity contribution is 6.07. The van der Waals surface area contributed by atoms with Crippen molar-refractivity contribution in [2.24, 2.45) is 10.9 Å². The number of hydrogen-bond acceptors (Lipinski definition) is 9. The van der Waals surface area contributed by atoms with Gasteiger partial charge in [-0.05, 0) is 55.5 Å². The van der Waals surface area contributed by atoms with E-state index in [1.807, 2.05) is 24.4 Å². The molecule has 2 aromatic carbocycles.